The van der Waals surface area contributed by atoms with Crippen LogP contribution in [0.2, 0.25) is 0 Å². The van der Waals surface area contributed by atoms with Gasteiger partial charge in [0.15, 0.2) is 0 Å². The molecule has 4 heteroatoms. The average molecular weight is 219 g/mol. The molecule has 0 saturated carbocycles. The van der Waals surface area contributed by atoms with Gasteiger partial charge >= 0.3 is 0 Å². The van der Waals surface area contributed by atoms with Crippen molar-refractivity contribution in [1.29, 1.82) is 0 Å². The van der Waals surface area contributed by atoms with Gasteiger partial charge in [0.1, 0.15) is 5.82 Å². The van der Waals surface area contributed by atoms with E-state index in [9.17, 15) is 0 Å². The van der Waals surface area contributed by atoms with Crippen LogP contribution in [-0.2, 0) is 4.74 Å². The molecule has 0 bridgehead atoms. The summed E-state index contributed by atoms with van der Waals surface area (Å²) in [7, 11) is 1.73. The van der Waals surface area contributed by atoms with Gasteiger partial charge in [-0.2, -0.15) is 0 Å². The van der Waals surface area contributed by atoms with Crippen LogP contribution >= 0.6 is 0 Å². The lowest BCUT2D eigenvalue weighted by molar-refractivity contribution is 0.222. The van der Waals surface area contributed by atoms with Gasteiger partial charge in [0, 0.05) is 38.1 Å². The zero-order chi connectivity index (χ0) is 11.4. The van der Waals surface area contributed by atoms with Gasteiger partial charge in [-0.1, -0.05) is 6.08 Å². The van der Waals surface area contributed by atoms with Crippen molar-refractivity contribution < 1.29 is 4.74 Å². The molecule has 1 aliphatic heterocycles. The summed E-state index contributed by atoms with van der Waals surface area (Å²) in [5, 5.41) is 0. The summed E-state index contributed by atoms with van der Waals surface area (Å²) in [5.41, 5.74) is 8.18. The van der Waals surface area contributed by atoms with Crippen LogP contribution in [-0.4, -0.2) is 31.8 Å². The Hall–Kier alpha value is -1.55. The van der Waals surface area contributed by atoms with Crippen LogP contribution in [0.25, 0.3) is 0 Å². The zero-order valence-corrected chi connectivity index (χ0v) is 9.52. The fourth-order valence-corrected chi connectivity index (χ4v) is 1.90. The number of nitrogens with two attached hydrogens (primary N) is 1. The van der Waals surface area contributed by atoms with Gasteiger partial charge < -0.3 is 15.4 Å². The monoisotopic (exact) mass is 219 g/mol. The van der Waals surface area contributed by atoms with E-state index in [1.165, 1.54) is 5.57 Å². The Morgan fingerprint density at radius 1 is 1.56 bits per heavy atom. The van der Waals surface area contributed by atoms with Crippen LogP contribution in [0.3, 0.4) is 0 Å². The standard InChI is InChI=1S/C12H17N3O/c1-16-9-10-3-6-15(7-4-10)11-2-5-14-12(13)8-11/h2-3,5,8H,4,6-7,9H2,1H3,(H2,13,14). The molecule has 0 saturated heterocycles. The van der Waals surface area contributed by atoms with E-state index in [-0.39, 0.29) is 0 Å². The highest BCUT2D eigenvalue weighted by molar-refractivity contribution is 5.53. The third-order valence-electron chi connectivity index (χ3n) is 2.76. The predicted molar refractivity (Wildman–Crippen MR) is 65.4 cm³/mol. The van der Waals surface area contributed by atoms with Crippen molar-refractivity contribution in [3.05, 3.63) is 30.0 Å². The maximum atomic E-state index is 5.67. The molecular formula is C12H17N3O. The molecule has 4 nitrogen and oxygen atoms in total. The summed E-state index contributed by atoms with van der Waals surface area (Å²) >= 11 is 0. The van der Waals surface area contributed by atoms with Gasteiger partial charge in [0.2, 0.25) is 0 Å². The Kier molecular flexibility index (Phi) is 3.41. The van der Waals surface area contributed by atoms with E-state index < -0.39 is 0 Å². The first-order chi connectivity index (χ1) is 7.79. The quantitative estimate of drug-likeness (QED) is 0.782. The van der Waals surface area contributed by atoms with Crippen LogP contribution < -0.4 is 10.6 Å². The third-order valence-corrected chi connectivity index (χ3v) is 2.76. The highest BCUT2D eigenvalue weighted by Crippen LogP contribution is 2.20. The number of aromatic nitrogens is 1. The fraction of sp³-hybridized carbons (Fsp3) is 0.417. The maximum Gasteiger partial charge on any atom is 0.125 e. The molecule has 0 aromatic carbocycles. The Morgan fingerprint density at radius 3 is 3.06 bits per heavy atom. The largest absolute Gasteiger partial charge is 0.384 e. The molecule has 0 aliphatic carbocycles. The Bertz CT molecular complexity index is 390. The number of ether oxygens (including phenoxy) is 1. The second-order valence-electron chi connectivity index (χ2n) is 3.93. The molecule has 16 heavy (non-hydrogen) atoms. The molecule has 0 amide bonds. The van der Waals surface area contributed by atoms with Gasteiger partial charge in [-0.15, -0.1) is 0 Å². The van der Waals surface area contributed by atoms with E-state index in [4.69, 9.17) is 10.5 Å². The number of hydrogen-bond donors (Lipinski definition) is 1. The molecule has 2 N–H and O–H groups in total. The summed E-state index contributed by atoms with van der Waals surface area (Å²) in [4.78, 5) is 6.28. The molecule has 2 rings (SSSR count). The van der Waals surface area contributed by atoms with Gasteiger partial charge in [-0.3, -0.25) is 0 Å². The van der Waals surface area contributed by atoms with Crippen molar-refractivity contribution >= 4 is 11.5 Å². The lowest BCUT2D eigenvalue weighted by Crippen LogP contribution is -2.29. The van der Waals surface area contributed by atoms with E-state index in [2.05, 4.69) is 16.0 Å². The maximum absolute atomic E-state index is 5.67. The third kappa shape index (κ3) is 2.52. The van der Waals surface area contributed by atoms with Crippen molar-refractivity contribution in [1.82, 2.24) is 4.98 Å². The van der Waals surface area contributed by atoms with Crippen LogP contribution in [0.5, 0.6) is 0 Å². The summed E-state index contributed by atoms with van der Waals surface area (Å²) in [6, 6.07) is 3.90. The minimum Gasteiger partial charge on any atom is -0.384 e. The molecule has 86 valence electrons. The first-order valence-electron chi connectivity index (χ1n) is 5.43. The van der Waals surface area contributed by atoms with Crippen molar-refractivity contribution in [2.75, 3.05) is 37.4 Å². The zero-order valence-electron chi connectivity index (χ0n) is 9.52. The topological polar surface area (TPSA) is 51.4 Å². The average Bonchev–Trinajstić information content (AvgIpc) is 2.30. The van der Waals surface area contributed by atoms with E-state index in [0.29, 0.717) is 5.82 Å². The predicted octanol–water partition coefficient (Wildman–Crippen LogP) is 1.45. The molecule has 0 fully saturated rings. The number of methoxy groups -OCH3 is 1. The summed E-state index contributed by atoms with van der Waals surface area (Å²) < 4.78 is 5.12. The van der Waals surface area contributed by atoms with Gasteiger partial charge in [0.25, 0.3) is 0 Å². The summed E-state index contributed by atoms with van der Waals surface area (Å²) in [6.45, 7) is 2.67. The molecule has 1 aromatic rings. The number of nitrogen functional groups attached to an aromatic ring is 1. The lowest BCUT2D eigenvalue weighted by Gasteiger charge is -2.28. The minimum atomic E-state index is 0.573. The second kappa shape index (κ2) is 4.99. The number of anilines is 2. The number of rotatable bonds is 3. The normalized spacial score (nSPS) is 16.1. The lowest BCUT2D eigenvalue weighted by atomic mass is 10.1. The Balaban J connectivity index is 2.04. The van der Waals surface area contributed by atoms with E-state index in [1.54, 1.807) is 13.3 Å². The smallest absolute Gasteiger partial charge is 0.125 e. The molecule has 0 radical (unpaired) electrons. The minimum absolute atomic E-state index is 0.573. The van der Waals surface area contributed by atoms with Crippen molar-refractivity contribution in [2.45, 2.75) is 6.42 Å². The van der Waals surface area contributed by atoms with Crippen molar-refractivity contribution in [3.63, 3.8) is 0 Å². The van der Waals surface area contributed by atoms with Crippen molar-refractivity contribution in [3.8, 4) is 0 Å². The number of pyridine rings is 1. The molecule has 0 atom stereocenters. The van der Waals surface area contributed by atoms with E-state index in [1.807, 2.05) is 12.1 Å². The molecule has 2 heterocycles. The van der Waals surface area contributed by atoms with E-state index >= 15 is 0 Å². The molecular weight excluding hydrogens is 202 g/mol. The highest BCUT2D eigenvalue weighted by Gasteiger charge is 2.12. The van der Waals surface area contributed by atoms with E-state index in [0.717, 1.165) is 31.8 Å². The molecule has 0 unspecified atom stereocenters. The first kappa shape index (κ1) is 11.0. The SMILES string of the molecule is COCC1=CCN(c2ccnc(N)c2)CC1. The second-order valence-corrected chi connectivity index (χ2v) is 3.93. The fourth-order valence-electron chi connectivity index (χ4n) is 1.90. The molecule has 0 spiro atoms. The van der Waals surface area contributed by atoms with Crippen LogP contribution in [0.15, 0.2) is 30.0 Å². The van der Waals surface area contributed by atoms with Crippen molar-refractivity contribution in [2.24, 2.45) is 0 Å². The van der Waals surface area contributed by atoms with Gasteiger partial charge in [-0.05, 0) is 18.1 Å². The van der Waals surface area contributed by atoms with Crippen LogP contribution in [0.1, 0.15) is 6.42 Å². The summed E-state index contributed by atoms with van der Waals surface area (Å²) in [5.74, 6) is 0.573. The number of hydrogen-bond acceptors (Lipinski definition) is 4. The van der Waals surface area contributed by atoms with Gasteiger partial charge in [0.05, 0.1) is 6.61 Å². The number of nitrogens with zero attached hydrogens (tertiary/aromatic N) is 2. The highest BCUT2D eigenvalue weighted by atomic mass is 16.5. The van der Waals surface area contributed by atoms with Crippen LogP contribution in [0.4, 0.5) is 11.5 Å². The molecule has 1 aliphatic rings. The first-order valence-corrected chi connectivity index (χ1v) is 5.43. The Morgan fingerprint density at radius 2 is 2.44 bits per heavy atom. The molecule has 1 aromatic heterocycles. The Labute approximate surface area is 95.7 Å². The van der Waals surface area contributed by atoms with Crippen LogP contribution in [0, 0.1) is 0 Å². The van der Waals surface area contributed by atoms with Gasteiger partial charge in [-0.25, -0.2) is 4.98 Å². The summed E-state index contributed by atoms with van der Waals surface area (Å²) in [6.07, 6.45) is 5.03.